The van der Waals surface area contributed by atoms with Crippen LogP contribution in [0.4, 0.5) is 17.6 Å². The summed E-state index contributed by atoms with van der Waals surface area (Å²) in [4.78, 5) is 23.9. The molecule has 12 heteroatoms. The van der Waals surface area contributed by atoms with Gasteiger partial charge in [0, 0.05) is 22.9 Å². The molecular formula is C13H13F4O7S-. The van der Waals surface area contributed by atoms with Crippen LogP contribution >= 0.6 is 0 Å². The number of carbonyl (C=O) groups is 2. The van der Waals surface area contributed by atoms with Crippen molar-refractivity contribution in [2.24, 2.45) is 23.7 Å². The number of aliphatic hydroxyl groups excluding tert-OH is 1. The number of fused-ring (bicyclic) bond motifs is 1. The maximum absolute atomic E-state index is 13.3. The molecule has 3 aliphatic rings. The fourth-order valence-corrected chi connectivity index (χ4v) is 4.33. The van der Waals surface area contributed by atoms with Crippen LogP contribution in [-0.4, -0.2) is 55.8 Å². The van der Waals surface area contributed by atoms with Gasteiger partial charge in [0.1, 0.15) is 6.10 Å². The van der Waals surface area contributed by atoms with E-state index in [9.17, 15) is 41.0 Å². The van der Waals surface area contributed by atoms with Gasteiger partial charge in [-0.1, -0.05) is 0 Å². The predicted octanol–water partition coefficient (Wildman–Crippen LogP) is 0.195. The van der Waals surface area contributed by atoms with E-state index in [2.05, 4.69) is 4.74 Å². The molecular weight excluding hydrogens is 376 g/mol. The maximum atomic E-state index is 13.3. The van der Waals surface area contributed by atoms with Gasteiger partial charge in [0.25, 0.3) is 0 Å². The van der Waals surface area contributed by atoms with Crippen LogP contribution in [0.1, 0.15) is 12.8 Å². The SMILES string of the molecule is O=C(OCCC(F)(F)C(F)(F)S(=O)[O-])C1C2CC3C(OC(=O)C31)C2O. The summed E-state index contributed by atoms with van der Waals surface area (Å²) in [5, 5.41) is 4.69. The second-order valence-corrected chi connectivity index (χ2v) is 7.36. The molecule has 1 aliphatic heterocycles. The van der Waals surface area contributed by atoms with Crippen LogP contribution in [0.2, 0.25) is 0 Å². The zero-order chi connectivity index (χ0) is 18.7. The van der Waals surface area contributed by atoms with Gasteiger partial charge in [0.05, 0.1) is 31.0 Å². The average Bonchev–Trinajstić information content (AvgIpc) is 3.10. The Balaban J connectivity index is 1.61. The molecule has 0 spiro atoms. The molecule has 2 bridgehead atoms. The number of hydrogen-bond donors (Lipinski definition) is 1. The quantitative estimate of drug-likeness (QED) is 0.392. The monoisotopic (exact) mass is 389 g/mol. The molecule has 1 heterocycles. The molecule has 3 fully saturated rings. The topological polar surface area (TPSA) is 113 Å². The molecule has 0 aromatic rings. The second kappa shape index (κ2) is 5.88. The van der Waals surface area contributed by atoms with Crippen LogP contribution in [0.15, 0.2) is 0 Å². The van der Waals surface area contributed by atoms with Gasteiger partial charge in [-0.15, -0.1) is 0 Å². The Morgan fingerprint density at radius 2 is 2.00 bits per heavy atom. The summed E-state index contributed by atoms with van der Waals surface area (Å²) in [5.74, 6) is -9.61. The maximum Gasteiger partial charge on any atom is 0.371 e. The van der Waals surface area contributed by atoms with Crippen LogP contribution in [-0.2, 0) is 30.1 Å². The minimum atomic E-state index is -5.30. The van der Waals surface area contributed by atoms with Crippen LogP contribution in [0.25, 0.3) is 0 Å². The Hall–Kier alpha value is -1.27. The van der Waals surface area contributed by atoms with Gasteiger partial charge in [-0.05, 0) is 6.42 Å². The lowest BCUT2D eigenvalue weighted by Gasteiger charge is -2.29. The first kappa shape index (κ1) is 18.5. The molecule has 3 rings (SSSR count). The van der Waals surface area contributed by atoms with Gasteiger partial charge in [-0.2, -0.15) is 17.6 Å². The van der Waals surface area contributed by atoms with Crippen molar-refractivity contribution in [1.29, 1.82) is 0 Å². The van der Waals surface area contributed by atoms with E-state index in [0.717, 1.165) is 0 Å². The van der Waals surface area contributed by atoms with Crippen molar-refractivity contribution in [2.45, 2.75) is 36.2 Å². The number of ether oxygens (including phenoxy) is 2. The summed E-state index contributed by atoms with van der Waals surface area (Å²) < 4.78 is 82.3. The summed E-state index contributed by atoms with van der Waals surface area (Å²) in [6.45, 7) is -1.16. The zero-order valence-electron chi connectivity index (χ0n) is 12.4. The van der Waals surface area contributed by atoms with Crippen LogP contribution < -0.4 is 0 Å². The highest BCUT2D eigenvalue weighted by Gasteiger charge is 2.68. The van der Waals surface area contributed by atoms with Gasteiger partial charge < -0.3 is 19.1 Å². The molecule has 25 heavy (non-hydrogen) atoms. The van der Waals surface area contributed by atoms with Crippen LogP contribution in [0.5, 0.6) is 0 Å². The Morgan fingerprint density at radius 1 is 1.36 bits per heavy atom. The smallest absolute Gasteiger partial charge is 0.371 e. The van der Waals surface area contributed by atoms with Gasteiger partial charge in [0.2, 0.25) is 0 Å². The molecule has 7 atom stereocenters. The largest absolute Gasteiger partial charge is 0.768 e. The van der Waals surface area contributed by atoms with Crippen molar-refractivity contribution in [3.63, 3.8) is 0 Å². The van der Waals surface area contributed by atoms with Crippen molar-refractivity contribution < 1.29 is 50.5 Å². The van der Waals surface area contributed by atoms with E-state index in [-0.39, 0.29) is 5.92 Å². The normalized spacial score (nSPS) is 37.9. The molecule has 142 valence electrons. The second-order valence-electron chi connectivity index (χ2n) is 6.38. The summed E-state index contributed by atoms with van der Waals surface area (Å²) in [5.41, 5.74) is 0. The van der Waals surface area contributed by atoms with Crippen molar-refractivity contribution in [3.8, 4) is 0 Å². The van der Waals surface area contributed by atoms with Crippen LogP contribution in [0, 0.1) is 23.7 Å². The van der Waals surface area contributed by atoms with E-state index in [1.807, 2.05) is 0 Å². The van der Waals surface area contributed by atoms with Gasteiger partial charge in [-0.3, -0.25) is 13.8 Å². The van der Waals surface area contributed by atoms with E-state index >= 15 is 0 Å². The Morgan fingerprint density at radius 3 is 2.60 bits per heavy atom. The minimum Gasteiger partial charge on any atom is -0.768 e. The third kappa shape index (κ3) is 2.65. The molecule has 1 saturated heterocycles. The van der Waals surface area contributed by atoms with E-state index in [4.69, 9.17) is 4.74 Å². The number of alkyl halides is 4. The minimum absolute atomic E-state index is 0.339. The summed E-state index contributed by atoms with van der Waals surface area (Å²) in [7, 11) is 0. The lowest BCUT2D eigenvalue weighted by molar-refractivity contribution is -0.176. The number of hydrogen-bond acceptors (Lipinski definition) is 7. The van der Waals surface area contributed by atoms with Crippen molar-refractivity contribution in [1.82, 2.24) is 0 Å². The molecule has 2 saturated carbocycles. The predicted molar refractivity (Wildman–Crippen MR) is 68.9 cm³/mol. The van der Waals surface area contributed by atoms with E-state index in [1.54, 1.807) is 0 Å². The van der Waals surface area contributed by atoms with E-state index in [1.165, 1.54) is 0 Å². The lowest BCUT2D eigenvalue weighted by Crippen LogP contribution is -2.45. The molecule has 2 aliphatic carbocycles. The number of esters is 2. The first-order valence-corrected chi connectivity index (χ1v) is 8.46. The van der Waals surface area contributed by atoms with Gasteiger partial charge >= 0.3 is 23.1 Å². The van der Waals surface area contributed by atoms with Gasteiger partial charge in [0.15, 0.2) is 0 Å². The highest BCUT2D eigenvalue weighted by molar-refractivity contribution is 7.80. The third-order valence-electron chi connectivity index (χ3n) is 5.14. The molecule has 1 N–H and O–H groups in total. The average molecular weight is 389 g/mol. The van der Waals surface area contributed by atoms with Crippen molar-refractivity contribution in [3.05, 3.63) is 0 Å². The fraction of sp³-hybridized carbons (Fsp3) is 0.846. The highest BCUT2D eigenvalue weighted by Crippen LogP contribution is 2.58. The fourth-order valence-electron chi connectivity index (χ4n) is 3.98. The molecule has 0 radical (unpaired) electrons. The Labute approximate surface area is 140 Å². The molecule has 0 aromatic carbocycles. The number of carbonyl (C=O) groups excluding carboxylic acids is 2. The number of aliphatic hydroxyl groups is 1. The van der Waals surface area contributed by atoms with Crippen LogP contribution in [0.3, 0.4) is 0 Å². The Kier molecular flexibility index (Phi) is 4.35. The molecule has 7 nitrogen and oxygen atoms in total. The van der Waals surface area contributed by atoms with Crippen molar-refractivity contribution in [2.75, 3.05) is 6.61 Å². The Bertz CT molecular complexity index is 627. The summed E-state index contributed by atoms with van der Waals surface area (Å²) in [6, 6.07) is 0. The summed E-state index contributed by atoms with van der Waals surface area (Å²) >= 11 is -4.34. The number of halogens is 4. The first-order valence-electron chi connectivity index (χ1n) is 7.39. The molecule has 0 amide bonds. The number of rotatable bonds is 6. The van der Waals surface area contributed by atoms with E-state index < -0.39 is 77.2 Å². The summed E-state index contributed by atoms with van der Waals surface area (Å²) in [6.07, 6.45) is -3.13. The molecule has 7 unspecified atom stereocenters. The molecule has 0 aromatic heterocycles. The lowest BCUT2D eigenvalue weighted by atomic mass is 9.78. The third-order valence-corrected chi connectivity index (χ3v) is 5.86. The standard InChI is InChI=1S/C13H14F4O7S/c14-12(15,13(16,17)25(21)22)1-2-23-10(19)6-4-3-5-7(6)11(20)24-9(5)8(4)18/h4-9,18H,1-3H2,(H,21,22)/p-1. The van der Waals surface area contributed by atoms with Crippen molar-refractivity contribution >= 4 is 23.0 Å². The zero-order valence-corrected chi connectivity index (χ0v) is 13.2. The highest BCUT2D eigenvalue weighted by atomic mass is 32.2. The first-order chi connectivity index (χ1) is 11.5. The van der Waals surface area contributed by atoms with E-state index in [0.29, 0.717) is 6.42 Å². The van der Waals surface area contributed by atoms with Gasteiger partial charge in [-0.25, -0.2) is 0 Å².